The number of hydrogen-bond donors (Lipinski definition) is 1. The molecule has 1 aromatic heterocycles. The lowest BCUT2D eigenvalue weighted by molar-refractivity contribution is 0.00277. The van der Waals surface area contributed by atoms with E-state index < -0.39 is 5.60 Å². The van der Waals surface area contributed by atoms with E-state index in [0.29, 0.717) is 25.3 Å². The van der Waals surface area contributed by atoms with Crippen molar-refractivity contribution in [2.24, 2.45) is 0 Å². The maximum Gasteiger partial charge on any atom is 0.150 e. The molecule has 0 radical (unpaired) electrons. The highest BCUT2D eigenvalue weighted by Gasteiger charge is 2.37. The number of nitrogens with zero attached hydrogens (tertiary/aromatic N) is 2. The van der Waals surface area contributed by atoms with E-state index >= 15 is 0 Å². The molecule has 1 aliphatic heterocycles. The first-order valence-electron chi connectivity index (χ1n) is 7.84. The third-order valence-corrected chi connectivity index (χ3v) is 4.06. The first-order chi connectivity index (χ1) is 11.1. The van der Waals surface area contributed by atoms with E-state index in [-0.39, 0.29) is 12.4 Å². The van der Waals surface area contributed by atoms with Crippen LogP contribution >= 0.6 is 0 Å². The number of hydrogen-bond acceptors (Lipinski definition) is 5. The zero-order chi connectivity index (χ0) is 16.3. The highest BCUT2D eigenvalue weighted by atomic mass is 19.1. The van der Waals surface area contributed by atoms with E-state index in [2.05, 4.69) is 10.1 Å². The molecule has 1 aliphatic rings. The van der Waals surface area contributed by atoms with E-state index in [4.69, 9.17) is 9.26 Å². The Bertz CT molecular complexity index is 661. The average molecular weight is 320 g/mol. The van der Waals surface area contributed by atoms with Crippen molar-refractivity contribution in [1.82, 2.24) is 10.1 Å². The first kappa shape index (κ1) is 16.0. The molecule has 1 N–H and O–H groups in total. The maximum atomic E-state index is 13.1. The molecule has 1 atom stereocenters. The van der Waals surface area contributed by atoms with Crippen LogP contribution in [0.4, 0.5) is 4.39 Å². The first-order valence-corrected chi connectivity index (χ1v) is 7.84. The molecular formula is C17H21FN2O3. The summed E-state index contributed by atoms with van der Waals surface area (Å²) in [6.45, 7) is 4.04. The van der Waals surface area contributed by atoms with E-state index in [1.165, 1.54) is 12.1 Å². The summed E-state index contributed by atoms with van der Waals surface area (Å²) in [5.74, 6) is 0.886. The van der Waals surface area contributed by atoms with Crippen LogP contribution in [-0.2, 0) is 13.0 Å². The summed E-state index contributed by atoms with van der Waals surface area (Å²) in [5.41, 5.74) is 0.00353. The highest BCUT2D eigenvalue weighted by molar-refractivity contribution is 5.22. The van der Waals surface area contributed by atoms with Crippen molar-refractivity contribution in [3.63, 3.8) is 0 Å². The van der Waals surface area contributed by atoms with Gasteiger partial charge in [0.1, 0.15) is 23.8 Å². The standard InChI is InChI=1S/C17H21FN2O3/c1-2-14-9-16(23-19-14)10-20-7-6-17(21,11-20)12-22-15-5-3-4-13(18)8-15/h3-5,8-9,21H,2,6-7,10-12H2,1H3. The van der Waals surface area contributed by atoms with Gasteiger partial charge in [0.15, 0.2) is 5.76 Å². The molecule has 23 heavy (non-hydrogen) atoms. The molecule has 0 spiro atoms. The van der Waals surface area contributed by atoms with Gasteiger partial charge in [0, 0.05) is 25.2 Å². The minimum absolute atomic E-state index is 0.142. The fourth-order valence-electron chi connectivity index (χ4n) is 2.79. The Labute approximate surface area is 134 Å². The van der Waals surface area contributed by atoms with Crippen LogP contribution in [0.25, 0.3) is 0 Å². The smallest absolute Gasteiger partial charge is 0.150 e. The van der Waals surface area contributed by atoms with E-state index in [1.807, 2.05) is 13.0 Å². The predicted octanol–water partition coefficient (Wildman–Crippen LogP) is 2.39. The van der Waals surface area contributed by atoms with E-state index in [0.717, 1.165) is 24.4 Å². The largest absolute Gasteiger partial charge is 0.490 e. The van der Waals surface area contributed by atoms with Crippen LogP contribution in [0.2, 0.25) is 0 Å². The van der Waals surface area contributed by atoms with Gasteiger partial charge in [0.25, 0.3) is 0 Å². The van der Waals surface area contributed by atoms with E-state index in [9.17, 15) is 9.50 Å². The quantitative estimate of drug-likeness (QED) is 0.885. The van der Waals surface area contributed by atoms with Crippen LogP contribution in [0.3, 0.4) is 0 Å². The number of aliphatic hydroxyl groups is 1. The molecule has 0 bridgehead atoms. The maximum absolute atomic E-state index is 13.1. The molecule has 1 aromatic carbocycles. The average Bonchev–Trinajstić information content (AvgIpc) is 3.13. The zero-order valence-corrected chi connectivity index (χ0v) is 13.2. The van der Waals surface area contributed by atoms with Gasteiger partial charge < -0.3 is 14.4 Å². The fourth-order valence-corrected chi connectivity index (χ4v) is 2.79. The van der Waals surface area contributed by atoms with Crippen LogP contribution in [0.15, 0.2) is 34.9 Å². The molecule has 2 heterocycles. The van der Waals surface area contributed by atoms with Crippen molar-refractivity contribution in [1.29, 1.82) is 0 Å². The molecular weight excluding hydrogens is 299 g/mol. The lowest BCUT2D eigenvalue weighted by Crippen LogP contribution is -2.39. The molecule has 1 fully saturated rings. The second-order valence-electron chi connectivity index (χ2n) is 6.07. The number of aryl methyl sites for hydroxylation is 1. The van der Waals surface area contributed by atoms with Crippen LogP contribution in [0, 0.1) is 5.82 Å². The topological polar surface area (TPSA) is 58.7 Å². The number of aromatic nitrogens is 1. The molecule has 124 valence electrons. The summed E-state index contributed by atoms with van der Waals surface area (Å²) in [6, 6.07) is 7.89. The fraction of sp³-hybridized carbons (Fsp3) is 0.471. The van der Waals surface area contributed by atoms with Crippen molar-refractivity contribution in [2.75, 3.05) is 19.7 Å². The Morgan fingerprint density at radius 1 is 1.43 bits per heavy atom. The SMILES string of the molecule is CCc1cc(CN2CCC(O)(COc3cccc(F)c3)C2)on1. The number of rotatable bonds is 6. The number of ether oxygens (including phenoxy) is 1. The van der Waals surface area contributed by atoms with Gasteiger partial charge in [-0.2, -0.15) is 0 Å². The van der Waals surface area contributed by atoms with Crippen molar-refractivity contribution < 1.29 is 18.8 Å². The predicted molar refractivity (Wildman–Crippen MR) is 82.6 cm³/mol. The van der Waals surface area contributed by atoms with Gasteiger partial charge in [-0.05, 0) is 25.0 Å². The van der Waals surface area contributed by atoms with Gasteiger partial charge >= 0.3 is 0 Å². The summed E-state index contributed by atoms with van der Waals surface area (Å²) in [7, 11) is 0. The minimum Gasteiger partial charge on any atom is -0.490 e. The molecule has 1 saturated heterocycles. The van der Waals surface area contributed by atoms with Crippen molar-refractivity contribution >= 4 is 0 Å². The molecule has 0 saturated carbocycles. The van der Waals surface area contributed by atoms with Gasteiger partial charge in [0.05, 0.1) is 12.2 Å². The number of likely N-dealkylation sites (tertiary alicyclic amines) is 1. The molecule has 0 aliphatic carbocycles. The molecule has 5 nitrogen and oxygen atoms in total. The lowest BCUT2D eigenvalue weighted by atomic mass is 10.1. The Morgan fingerprint density at radius 3 is 3.04 bits per heavy atom. The molecule has 1 unspecified atom stereocenters. The van der Waals surface area contributed by atoms with Gasteiger partial charge in [-0.1, -0.05) is 18.1 Å². The highest BCUT2D eigenvalue weighted by Crippen LogP contribution is 2.25. The molecule has 2 aromatic rings. The lowest BCUT2D eigenvalue weighted by Gasteiger charge is -2.23. The monoisotopic (exact) mass is 320 g/mol. The third-order valence-electron chi connectivity index (χ3n) is 4.06. The Kier molecular flexibility index (Phi) is 4.63. The number of halogens is 1. The van der Waals surface area contributed by atoms with E-state index in [1.54, 1.807) is 12.1 Å². The van der Waals surface area contributed by atoms with Crippen LogP contribution in [-0.4, -0.2) is 40.5 Å². The second kappa shape index (κ2) is 6.68. The molecule has 3 rings (SSSR count). The van der Waals surface area contributed by atoms with Crippen LogP contribution in [0.1, 0.15) is 24.8 Å². The van der Waals surface area contributed by atoms with Crippen molar-refractivity contribution in [2.45, 2.75) is 31.9 Å². The number of benzene rings is 1. The van der Waals surface area contributed by atoms with Crippen molar-refractivity contribution in [3.05, 3.63) is 47.6 Å². The summed E-state index contributed by atoms with van der Waals surface area (Å²) in [5, 5.41) is 14.6. The second-order valence-corrected chi connectivity index (χ2v) is 6.07. The van der Waals surface area contributed by atoms with Crippen molar-refractivity contribution in [3.8, 4) is 5.75 Å². The van der Waals surface area contributed by atoms with Crippen LogP contribution in [0.5, 0.6) is 5.75 Å². The minimum atomic E-state index is -0.931. The Balaban J connectivity index is 1.53. The number of β-amino-alcohol motifs (C(OH)–C–C–N with tert-alkyl or cyclic N) is 1. The third kappa shape index (κ3) is 4.09. The summed E-state index contributed by atoms with van der Waals surface area (Å²) in [6.07, 6.45) is 1.45. The zero-order valence-electron chi connectivity index (χ0n) is 13.2. The van der Waals surface area contributed by atoms with Gasteiger partial charge in [0.2, 0.25) is 0 Å². The summed E-state index contributed by atoms with van der Waals surface area (Å²) >= 11 is 0. The van der Waals surface area contributed by atoms with Gasteiger partial charge in [-0.25, -0.2) is 4.39 Å². The van der Waals surface area contributed by atoms with Crippen LogP contribution < -0.4 is 4.74 Å². The Morgan fingerprint density at radius 2 is 2.30 bits per heavy atom. The Hall–Kier alpha value is -1.92. The van der Waals surface area contributed by atoms with Gasteiger partial charge in [-0.3, -0.25) is 4.90 Å². The van der Waals surface area contributed by atoms with Gasteiger partial charge in [-0.15, -0.1) is 0 Å². The normalized spacial score (nSPS) is 21.7. The molecule has 6 heteroatoms. The summed E-state index contributed by atoms with van der Waals surface area (Å²) < 4.78 is 24.0. The molecule has 0 amide bonds. The summed E-state index contributed by atoms with van der Waals surface area (Å²) in [4.78, 5) is 2.11.